The first-order valence-corrected chi connectivity index (χ1v) is 8.49. The molecule has 0 aliphatic carbocycles. The molecule has 0 saturated carbocycles. The van der Waals surface area contributed by atoms with Crippen LogP contribution in [-0.4, -0.2) is 28.6 Å². The topological polar surface area (TPSA) is 46.1 Å². The molecule has 1 aromatic carbocycles. The minimum atomic E-state index is -0.00912. The summed E-state index contributed by atoms with van der Waals surface area (Å²) < 4.78 is 1.91. The zero-order valence-electron chi connectivity index (χ0n) is 13.1. The van der Waals surface area contributed by atoms with Gasteiger partial charge in [-0.1, -0.05) is 29.8 Å². The molecular formula is C18H20ClN3O. The average Bonchev–Trinajstić information content (AvgIpc) is 3.23. The van der Waals surface area contributed by atoms with Crippen LogP contribution in [0.5, 0.6) is 0 Å². The number of halogens is 1. The molecule has 0 radical (unpaired) electrons. The average molecular weight is 330 g/mol. The summed E-state index contributed by atoms with van der Waals surface area (Å²) in [6, 6.07) is 12.8. The number of carbonyl (C=O) groups excluding carboxylic acids is 1. The van der Waals surface area contributed by atoms with Gasteiger partial charge in [-0.3, -0.25) is 4.79 Å². The summed E-state index contributed by atoms with van der Waals surface area (Å²) >= 11 is 6.28. The highest BCUT2D eigenvalue weighted by atomic mass is 35.5. The van der Waals surface area contributed by atoms with Gasteiger partial charge in [-0.15, -0.1) is 0 Å². The summed E-state index contributed by atoms with van der Waals surface area (Å²) in [5, 5.41) is 7.43. The molecule has 3 heterocycles. The van der Waals surface area contributed by atoms with Gasteiger partial charge in [0.1, 0.15) is 5.69 Å². The Morgan fingerprint density at radius 3 is 2.78 bits per heavy atom. The Bertz CT molecular complexity index is 754. The molecule has 23 heavy (non-hydrogen) atoms. The summed E-state index contributed by atoms with van der Waals surface area (Å²) in [6.45, 7) is 0. The second-order valence-electron chi connectivity index (χ2n) is 6.51. The first-order valence-electron chi connectivity index (χ1n) is 8.11. The monoisotopic (exact) mass is 329 g/mol. The van der Waals surface area contributed by atoms with Crippen molar-refractivity contribution in [1.82, 2.24) is 15.2 Å². The largest absolute Gasteiger partial charge is 0.346 e. The smallest absolute Gasteiger partial charge is 0.268 e. The van der Waals surface area contributed by atoms with Gasteiger partial charge in [0.25, 0.3) is 5.91 Å². The minimum Gasteiger partial charge on any atom is -0.346 e. The van der Waals surface area contributed by atoms with Gasteiger partial charge in [0.15, 0.2) is 0 Å². The molecule has 4 rings (SSSR count). The van der Waals surface area contributed by atoms with Crippen molar-refractivity contribution in [2.45, 2.75) is 37.4 Å². The van der Waals surface area contributed by atoms with Crippen molar-refractivity contribution < 1.29 is 4.79 Å². The number of nitrogens with zero attached hydrogens (tertiary/aromatic N) is 1. The first kappa shape index (κ1) is 14.8. The lowest BCUT2D eigenvalue weighted by Gasteiger charge is -2.21. The molecule has 2 aliphatic rings. The fourth-order valence-electron chi connectivity index (χ4n) is 3.90. The van der Waals surface area contributed by atoms with Gasteiger partial charge in [-0.25, -0.2) is 0 Å². The Morgan fingerprint density at radius 1 is 1.26 bits per heavy atom. The fraction of sp³-hybridized carbons (Fsp3) is 0.389. The van der Waals surface area contributed by atoms with Crippen LogP contribution in [0.25, 0.3) is 11.3 Å². The summed E-state index contributed by atoms with van der Waals surface area (Å²) in [5.41, 5.74) is 2.56. The van der Waals surface area contributed by atoms with Gasteiger partial charge in [0.2, 0.25) is 0 Å². The molecule has 2 aromatic rings. The quantitative estimate of drug-likeness (QED) is 0.909. The predicted octanol–water partition coefficient (Wildman–Crippen LogP) is 2.97. The van der Waals surface area contributed by atoms with E-state index in [9.17, 15) is 4.79 Å². The summed E-state index contributed by atoms with van der Waals surface area (Å²) in [5.74, 6) is -0.00912. The lowest BCUT2D eigenvalue weighted by Crippen LogP contribution is -2.43. The molecule has 2 N–H and O–H groups in total. The maximum atomic E-state index is 12.6. The summed E-state index contributed by atoms with van der Waals surface area (Å²) in [4.78, 5) is 12.6. The van der Waals surface area contributed by atoms with Crippen LogP contribution < -0.4 is 10.6 Å². The third-order valence-corrected chi connectivity index (χ3v) is 5.45. The molecule has 0 spiro atoms. The van der Waals surface area contributed by atoms with Crippen LogP contribution in [-0.2, 0) is 7.05 Å². The van der Waals surface area contributed by atoms with Gasteiger partial charge in [-0.2, -0.15) is 0 Å². The molecule has 2 fully saturated rings. The second kappa shape index (κ2) is 5.69. The number of rotatable bonds is 3. The highest BCUT2D eigenvalue weighted by Gasteiger charge is 2.39. The molecule has 2 aliphatic heterocycles. The van der Waals surface area contributed by atoms with E-state index in [1.54, 1.807) is 0 Å². The Labute approximate surface area is 140 Å². The number of carbonyl (C=O) groups is 1. The zero-order valence-corrected chi connectivity index (χ0v) is 13.8. The Kier molecular flexibility index (Phi) is 3.66. The van der Waals surface area contributed by atoms with Crippen LogP contribution in [0.15, 0.2) is 36.4 Å². The van der Waals surface area contributed by atoms with Crippen LogP contribution in [0.2, 0.25) is 5.02 Å². The molecule has 1 amide bonds. The molecule has 3 atom stereocenters. The van der Waals surface area contributed by atoms with E-state index in [4.69, 9.17) is 11.6 Å². The Morgan fingerprint density at radius 2 is 2.09 bits per heavy atom. The number of hydrogen-bond donors (Lipinski definition) is 2. The molecule has 1 aromatic heterocycles. The van der Waals surface area contributed by atoms with Crippen molar-refractivity contribution in [2.24, 2.45) is 7.05 Å². The molecule has 2 bridgehead atoms. The van der Waals surface area contributed by atoms with E-state index in [2.05, 4.69) is 10.6 Å². The number of fused-ring (bicyclic) bond motifs is 2. The van der Waals surface area contributed by atoms with E-state index >= 15 is 0 Å². The summed E-state index contributed by atoms with van der Waals surface area (Å²) in [6.07, 6.45) is 3.43. The van der Waals surface area contributed by atoms with Crippen LogP contribution >= 0.6 is 11.6 Å². The van der Waals surface area contributed by atoms with Crippen molar-refractivity contribution in [3.8, 4) is 11.3 Å². The molecule has 2 saturated heterocycles. The van der Waals surface area contributed by atoms with Crippen LogP contribution in [0.1, 0.15) is 29.8 Å². The van der Waals surface area contributed by atoms with Crippen LogP contribution in [0.3, 0.4) is 0 Å². The first-order chi connectivity index (χ1) is 11.1. The van der Waals surface area contributed by atoms with Crippen LogP contribution in [0.4, 0.5) is 0 Å². The van der Waals surface area contributed by atoms with E-state index in [1.165, 1.54) is 6.42 Å². The number of nitrogens with one attached hydrogen (secondary N) is 2. The molecule has 4 nitrogen and oxygen atoms in total. The van der Waals surface area contributed by atoms with E-state index in [-0.39, 0.29) is 11.9 Å². The molecule has 120 valence electrons. The summed E-state index contributed by atoms with van der Waals surface area (Å²) in [7, 11) is 1.91. The van der Waals surface area contributed by atoms with Gasteiger partial charge in [0, 0.05) is 41.5 Å². The van der Waals surface area contributed by atoms with Crippen molar-refractivity contribution in [1.29, 1.82) is 0 Å². The normalized spacial score (nSPS) is 25.7. The van der Waals surface area contributed by atoms with E-state index in [1.807, 2.05) is 48.0 Å². The number of benzene rings is 1. The van der Waals surface area contributed by atoms with Gasteiger partial charge in [0.05, 0.1) is 0 Å². The second-order valence-corrected chi connectivity index (χ2v) is 6.91. The number of amides is 1. The lowest BCUT2D eigenvalue weighted by atomic mass is 9.95. The van der Waals surface area contributed by atoms with Gasteiger partial charge < -0.3 is 15.2 Å². The highest BCUT2D eigenvalue weighted by molar-refractivity contribution is 6.33. The van der Waals surface area contributed by atoms with Crippen molar-refractivity contribution in [2.75, 3.05) is 0 Å². The van der Waals surface area contributed by atoms with E-state index < -0.39 is 0 Å². The molecular weight excluding hydrogens is 310 g/mol. The standard InChI is InChI=1S/C18H20ClN3O/c1-22-16(12-4-2-3-5-13(12)19)8-9-17(22)18(23)21-15-10-11-6-7-14(15)20-11/h2-5,8-9,11,14-15,20H,6-7,10H2,1H3,(H,21,23)/t11-,14+,15-/m1/s1. The predicted molar refractivity (Wildman–Crippen MR) is 91.7 cm³/mol. The Balaban J connectivity index is 1.56. The third kappa shape index (κ3) is 2.56. The van der Waals surface area contributed by atoms with Gasteiger partial charge in [-0.05, 0) is 37.5 Å². The van der Waals surface area contributed by atoms with E-state index in [0.717, 1.165) is 24.1 Å². The van der Waals surface area contributed by atoms with Crippen LogP contribution in [0, 0.1) is 0 Å². The maximum absolute atomic E-state index is 12.6. The minimum absolute atomic E-state index is 0.00912. The van der Waals surface area contributed by atoms with Crippen molar-refractivity contribution >= 4 is 17.5 Å². The third-order valence-electron chi connectivity index (χ3n) is 5.12. The number of aromatic nitrogens is 1. The lowest BCUT2D eigenvalue weighted by molar-refractivity contribution is 0.0923. The molecule has 5 heteroatoms. The fourth-order valence-corrected chi connectivity index (χ4v) is 4.14. The van der Waals surface area contributed by atoms with Crippen molar-refractivity contribution in [3.63, 3.8) is 0 Å². The highest BCUT2D eigenvalue weighted by Crippen LogP contribution is 2.30. The molecule has 0 unspecified atom stereocenters. The van der Waals surface area contributed by atoms with E-state index in [0.29, 0.717) is 22.8 Å². The van der Waals surface area contributed by atoms with Crippen molar-refractivity contribution in [3.05, 3.63) is 47.1 Å². The maximum Gasteiger partial charge on any atom is 0.268 e. The Hall–Kier alpha value is -1.78. The van der Waals surface area contributed by atoms with Gasteiger partial charge >= 0.3 is 0 Å². The SMILES string of the molecule is Cn1c(C(=O)N[C@@H]2C[C@H]3CC[C@@H]2N3)ccc1-c1ccccc1Cl. The number of hydrogen-bond acceptors (Lipinski definition) is 2. The zero-order chi connectivity index (χ0) is 16.0.